The zero-order valence-electron chi connectivity index (χ0n) is 18.8. The molecule has 0 spiro atoms. The maximum Gasteiger partial charge on any atom is 0.416 e. The molecule has 174 valence electrons. The van der Waals surface area contributed by atoms with E-state index in [1.165, 1.54) is 17.7 Å². The highest BCUT2D eigenvalue weighted by atomic mass is 19.4. The van der Waals surface area contributed by atoms with E-state index in [0.29, 0.717) is 0 Å². The lowest BCUT2D eigenvalue weighted by molar-refractivity contribution is -0.137. The number of halogens is 3. The zero-order chi connectivity index (χ0) is 22.7. The molecular weight excluding hydrogens is 415 g/mol. The SMILES string of the molecule is CN(C)c1ccc(CN2CC(CN3CCOCC3)C(c3cccc(C(F)(F)F)c3)C2)cc1. The molecule has 7 heteroatoms. The summed E-state index contributed by atoms with van der Waals surface area (Å²) in [6, 6.07) is 14.4. The Labute approximate surface area is 188 Å². The molecule has 4 nitrogen and oxygen atoms in total. The van der Waals surface area contributed by atoms with E-state index in [1.54, 1.807) is 6.07 Å². The predicted molar refractivity (Wildman–Crippen MR) is 121 cm³/mol. The highest BCUT2D eigenvalue weighted by Gasteiger charge is 2.37. The first-order chi connectivity index (χ1) is 15.3. The van der Waals surface area contributed by atoms with Crippen LogP contribution in [0.3, 0.4) is 0 Å². The first kappa shape index (κ1) is 23.1. The minimum absolute atomic E-state index is 0.0844. The summed E-state index contributed by atoms with van der Waals surface area (Å²) in [5.41, 5.74) is 2.62. The number of ether oxygens (including phenoxy) is 1. The van der Waals surface area contributed by atoms with Gasteiger partial charge in [-0.15, -0.1) is 0 Å². The van der Waals surface area contributed by atoms with Crippen molar-refractivity contribution < 1.29 is 17.9 Å². The lowest BCUT2D eigenvalue weighted by Crippen LogP contribution is -2.40. The fourth-order valence-corrected chi connectivity index (χ4v) is 4.87. The molecule has 0 radical (unpaired) electrons. The van der Waals surface area contributed by atoms with Crippen molar-refractivity contribution in [1.29, 1.82) is 0 Å². The van der Waals surface area contributed by atoms with Crippen LogP contribution in [-0.4, -0.2) is 69.8 Å². The zero-order valence-corrected chi connectivity index (χ0v) is 18.8. The number of likely N-dealkylation sites (tertiary alicyclic amines) is 1. The fraction of sp³-hybridized carbons (Fsp3) is 0.520. The summed E-state index contributed by atoms with van der Waals surface area (Å²) in [5.74, 6) is 0.374. The number of hydrogen-bond acceptors (Lipinski definition) is 4. The average Bonchev–Trinajstić information content (AvgIpc) is 3.16. The molecule has 4 rings (SSSR count). The molecule has 2 saturated heterocycles. The Morgan fingerprint density at radius 3 is 2.34 bits per heavy atom. The second-order valence-corrected chi connectivity index (χ2v) is 9.16. The fourth-order valence-electron chi connectivity index (χ4n) is 4.87. The first-order valence-electron chi connectivity index (χ1n) is 11.3. The third-order valence-corrected chi connectivity index (χ3v) is 6.61. The van der Waals surface area contributed by atoms with Crippen LogP contribution in [-0.2, 0) is 17.5 Å². The van der Waals surface area contributed by atoms with Crippen molar-refractivity contribution >= 4 is 5.69 Å². The van der Waals surface area contributed by atoms with Crippen molar-refractivity contribution in [2.45, 2.75) is 18.6 Å². The number of anilines is 1. The van der Waals surface area contributed by atoms with Crippen LogP contribution in [0.15, 0.2) is 48.5 Å². The van der Waals surface area contributed by atoms with Crippen LogP contribution < -0.4 is 4.90 Å². The van der Waals surface area contributed by atoms with Crippen LogP contribution in [0.4, 0.5) is 18.9 Å². The Morgan fingerprint density at radius 2 is 1.69 bits per heavy atom. The molecule has 0 aromatic heterocycles. The van der Waals surface area contributed by atoms with E-state index in [0.717, 1.165) is 63.7 Å². The van der Waals surface area contributed by atoms with Gasteiger partial charge in [-0.05, 0) is 35.2 Å². The average molecular weight is 448 g/mol. The van der Waals surface area contributed by atoms with Crippen molar-refractivity contribution in [3.05, 3.63) is 65.2 Å². The summed E-state index contributed by atoms with van der Waals surface area (Å²) in [5, 5.41) is 0. The smallest absolute Gasteiger partial charge is 0.379 e. The van der Waals surface area contributed by atoms with E-state index in [4.69, 9.17) is 4.74 Å². The number of alkyl halides is 3. The van der Waals surface area contributed by atoms with Crippen LogP contribution >= 0.6 is 0 Å². The molecule has 0 N–H and O–H groups in total. The molecule has 0 aliphatic carbocycles. The molecule has 2 atom stereocenters. The van der Waals surface area contributed by atoms with Gasteiger partial charge in [-0.1, -0.05) is 30.3 Å². The van der Waals surface area contributed by atoms with Gasteiger partial charge < -0.3 is 9.64 Å². The minimum atomic E-state index is -4.32. The first-order valence-corrected chi connectivity index (χ1v) is 11.3. The Morgan fingerprint density at radius 1 is 0.969 bits per heavy atom. The topological polar surface area (TPSA) is 19.0 Å². The monoisotopic (exact) mass is 447 g/mol. The van der Waals surface area contributed by atoms with Crippen molar-refractivity contribution in [2.24, 2.45) is 5.92 Å². The van der Waals surface area contributed by atoms with E-state index >= 15 is 0 Å². The normalized spacial score (nSPS) is 22.9. The molecule has 0 bridgehead atoms. The largest absolute Gasteiger partial charge is 0.416 e. The van der Waals surface area contributed by atoms with Gasteiger partial charge in [-0.3, -0.25) is 9.80 Å². The highest BCUT2D eigenvalue weighted by molar-refractivity contribution is 5.46. The number of rotatable bonds is 6. The number of hydrogen-bond donors (Lipinski definition) is 0. The minimum Gasteiger partial charge on any atom is -0.379 e. The van der Waals surface area contributed by atoms with Crippen LogP contribution in [0.25, 0.3) is 0 Å². The van der Waals surface area contributed by atoms with Crippen molar-refractivity contribution in [1.82, 2.24) is 9.80 Å². The molecule has 2 aliphatic rings. The summed E-state index contributed by atoms with van der Waals surface area (Å²) in [6.45, 7) is 6.57. The molecule has 0 saturated carbocycles. The van der Waals surface area contributed by atoms with Gasteiger partial charge in [0.05, 0.1) is 18.8 Å². The summed E-state index contributed by atoms with van der Waals surface area (Å²) in [7, 11) is 4.04. The standard InChI is InChI=1S/C25H32F3N3O/c1-29(2)23-8-6-19(7-9-23)15-31-17-21(16-30-10-12-32-13-11-30)24(18-31)20-4-3-5-22(14-20)25(26,27)28/h3-9,14,21,24H,10-13,15-18H2,1-2H3. The van der Waals surface area contributed by atoms with E-state index in [-0.39, 0.29) is 11.8 Å². The van der Waals surface area contributed by atoms with E-state index < -0.39 is 11.7 Å². The summed E-state index contributed by atoms with van der Waals surface area (Å²) < 4.78 is 45.5. The lowest BCUT2D eigenvalue weighted by Gasteiger charge is -2.31. The Balaban J connectivity index is 1.52. The number of benzene rings is 2. The van der Waals surface area contributed by atoms with Gasteiger partial charge in [0.15, 0.2) is 0 Å². The molecule has 2 heterocycles. The van der Waals surface area contributed by atoms with Gasteiger partial charge in [-0.25, -0.2) is 0 Å². The van der Waals surface area contributed by atoms with Gasteiger partial charge in [0, 0.05) is 65.0 Å². The predicted octanol–water partition coefficient (Wildman–Crippen LogP) is 4.32. The van der Waals surface area contributed by atoms with E-state index in [9.17, 15) is 13.2 Å². The van der Waals surface area contributed by atoms with E-state index in [1.807, 2.05) is 20.2 Å². The molecule has 2 fully saturated rings. The highest BCUT2D eigenvalue weighted by Crippen LogP contribution is 2.37. The van der Waals surface area contributed by atoms with Crippen LogP contribution in [0, 0.1) is 5.92 Å². The second kappa shape index (κ2) is 9.81. The van der Waals surface area contributed by atoms with Gasteiger partial charge in [0.1, 0.15) is 0 Å². The quantitative estimate of drug-likeness (QED) is 0.657. The summed E-state index contributed by atoms with van der Waals surface area (Å²) >= 11 is 0. The van der Waals surface area contributed by atoms with E-state index in [2.05, 4.69) is 39.0 Å². The lowest BCUT2D eigenvalue weighted by atomic mass is 9.87. The second-order valence-electron chi connectivity index (χ2n) is 9.16. The van der Waals surface area contributed by atoms with Crippen LogP contribution in [0.2, 0.25) is 0 Å². The maximum atomic E-state index is 13.3. The number of nitrogens with zero attached hydrogens (tertiary/aromatic N) is 3. The maximum absolute atomic E-state index is 13.3. The van der Waals surface area contributed by atoms with Gasteiger partial charge in [0.25, 0.3) is 0 Å². The van der Waals surface area contributed by atoms with Crippen LogP contribution in [0.5, 0.6) is 0 Å². The Hall–Kier alpha value is -2.09. The number of morpholine rings is 1. The Kier molecular flexibility index (Phi) is 7.08. The van der Waals surface area contributed by atoms with Crippen molar-refractivity contribution in [3.63, 3.8) is 0 Å². The van der Waals surface area contributed by atoms with Crippen LogP contribution in [0.1, 0.15) is 22.6 Å². The molecular formula is C25H32F3N3O. The molecule has 2 unspecified atom stereocenters. The summed E-state index contributed by atoms with van der Waals surface area (Å²) in [4.78, 5) is 6.85. The third-order valence-electron chi connectivity index (χ3n) is 6.61. The third kappa shape index (κ3) is 5.63. The van der Waals surface area contributed by atoms with Crippen molar-refractivity contribution in [3.8, 4) is 0 Å². The Bertz CT molecular complexity index is 879. The molecule has 2 aliphatic heterocycles. The van der Waals surface area contributed by atoms with Gasteiger partial charge >= 0.3 is 6.18 Å². The molecule has 2 aromatic carbocycles. The molecule has 32 heavy (non-hydrogen) atoms. The van der Waals surface area contributed by atoms with Gasteiger partial charge in [0.2, 0.25) is 0 Å². The molecule has 0 amide bonds. The summed E-state index contributed by atoms with van der Waals surface area (Å²) in [6.07, 6.45) is -4.32. The van der Waals surface area contributed by atoms with Crippen molar-refractivity contribution in [2.75, 3.05) is 64.9 Å². The van der Waals surface area contributed by atoms with Gasteiger partial charge in [-0.2, -0.15) is 13.2 Å². The molecule has 2 aromatic rings.